The van der Waals surface area contributed by atoms with E-state index in [1.807, 2.05) is 12.4 Å². The lowest BCUT2D eigenvalue weighted by molar-refractivity contribution is 0.142. The molecule has 0 radical (unpaired) electrons. The summed E-state index contributed by atoms with van der Waals surface area (Å²) in [6, 6.07) is 5.13. The zero-order valence-electron chi connectivity index (χ0n) is 9.86. The molecular weight excluding hydrogens is 200 g/mol. The summed E-state index contributed by atoms with van der Waals surface area (Å²) < 4.78 is 5.46. The molecule has 88 valence electrons. The van der Waals surface area contributed by atoms with Gasteiger partial charge < -0.3 is 10.1 Å². The van der Waals surface area contributed by atoms with Crippen molar-refractivity contribution in [2.45, 2.75) is 38.3 Å². The minimum Gasteiger partial charge on any atom is -0.381 e. The van der Waals surface area contributed by atoms with Gasteiger partial charge in [0, 0.05) is 37.7 Å². The summed E-state index contributed by atoms with van der Waals surface area (Å²) in [5.41, 5.74) is 1.31. The van der Waals surface area contributed by atoms with Crippen LogP contribution in [0.3, 0.4) is 0 Å². The average molecular weight is 220 g/mol. The van der Waals surface area contributed by atoms with Crippen molar-refractivity contribution in [1.29, 1.82) is 0 Å². The Hall–Kier alpha value is -0.930. The Labute approximate surface area is 97.2 Å². The number of hydrogen-bond acceptors (Lipinski definition) is 3. The maximum absolute atomic E-state index is 5.46. The highest BCUT2D eigenvalue weighted by atomic mass is 16.5. The minimum absolute atomic E-state index is 0.395. The second kappa shape index (κ2) is 5.97. The molecule has 1 aromatic heterocycles. The van der Waals surface area contributed by atoms with Gasteiger partial charge in [0.25, 0.3) is 0 Å². The van der Waals surface area contributed by atoms with Crippen molar-refractivity contribution in [1.82, 2.24) is 10.3 Å². The number of pyridine rings is 1. The highest BCUT2D eigenvalue weighted by Crippen LogP contribution is 2.15. The first-order valence-corrected chi connectivity index (χ1v) is 6.10. The van der Waals surface area contributed by atoms with E-state index < -0.39 is 0 Å². The van der Waals surface area contributed by atoms with Crippen LogP contribution in [0.15, 0.2) is 24.5 Å². The summed E-state index contributed by atoms with van der Waals surface area (Å²) in [5, 5.41) is 3.67. The van der Waals surface area contributed by atoms with E-state index >= 15 is 0 Å². The fourth-order valence-corrected chi connectivity index (χ4v) is 2.17. The Kier molecular flexibility index (Phi) is 4.31. The Morgan fingerprint density at radius 2 is 2.12 bits per heavy atom. The van der Waals surface area contributed by atoms with Crippen molar-refractivity contribution in [3.8, 4) is 0 Å². The maximum atomic E-state index is 5.46. The fraction of sp³-hybridized carbons (Fsp3) is 0.615. The van der Waals surface area contributed by atoms with Crippen LogP contribution < -0.4 is 5.32 Å². The Bertz CT molecular complexity index is 294. The van der Waals surface area contributed by atoms with Crippen molar-refractivity contribution in [2.75, 3.05) is 13.2 Å². The number of aromatic nitrogens is 1. The third-order valence-corrected chi connectivity index (χ3v) is 3.14. The van der Waals surface area contributed by atoms with Crippen molar-refractivity contribution < 1.29 is 4.74 Å². The van der Waals surface area contributed by atoms with Gasteiger partial charge in [0.05, 0.1) is 0 Å². The second-order valence-corrected chi connectivity index (χ2v) is 4.41. The Morgan fingerprint density at radius 3 is 2.94 bits per heavy atom. The fourth-order valence-electron chi connectivity index (χ4n) is 2.17. The quantitative estimate of drug-likeness (QED) is 0.848. The molecule has 1 N–H and O–H groups in total. The molecule has 3 heteroatoms. The molecule has 1 saturated heterocycles. The molecule has 1 aliphatic rings. The smallest absolute Gasteiger partial charge is 0.0480 e. The van der Waals surface area contributed by atoms with Gasteiger partial charge in [0.1, 0.15) is 0 Å². The van der Waals surface area contributed by atoms with E-state index in [9.17, 15) is 0 Å². The molecule has 0 aromatic carbocycles. The molecule has 1 aromatic rings. The normalized spacial score (nSPS) is 23.7. The summed E-state index contributed by atoms with van der Waals surface area (Å²) in [4.78, 5) is 4.04. The molecule has 1 fully saturated rings. The number of ether oxygens (including phenoxy) is 1. The number of nitrogens with one attached hydrogen (secondary N) is 1. The molecule has 0 amide bonds. The van der Waals surface area contributed by atoms with Crippen molar-refractivity contribution in [2.24, 2.45) is 0 Å². The van der Waals surface area contributed by atoms with E-state index in [0.29, 0.717) is 12.1 Å². The lowest BCUT2D eigenvalue weighted by Gasteiger charge is -2.21. The summed E-state index contributed by atoms with van der Waals surface area (Å²) in [6.07, 6.45) is 7.21. The van der Waals surface area contributed by atoms with Crippen molar-refractivity contribution >= 4 is 0 Å². The van der Waals surface area contributed by atoms with Crippen LogP contribution in [0.2, 0.25) is 0 Å². The van der Waals surface area contributed by atoms with Crippen molar-refractivity contribution in [3.63, 3.8) is 0 Å². The van der Waals surface area contributed by atoms with Gasteiger partial charge in [-0.3, -0.25) is 4.98 Å². The molecule has 2 heterocycles. The van der Waals surface area contributed by atoms with Crippen LogP contribution >= 0.6 is 0 Å². The van der Waals surface area contributed by atoms with Gasteiger partial charge in [0.2, 0.25) is 0 Å². The predicted octanol–water partition coefficient (Wildman–Crippen LogP) is 2.30. The molecule has 16 heavy (non-hydrogen) atoms. The first-order chi connectivity index (χ1) is 7.86. The number of nitrogens with zero attached hydrogens (tertiary/aromatic N) is 1. The molecule has 0 aliphatic carbocycles. The lowest BCUT2D eigenvalue weighted by Crippen LogP contribution is -2.31. The maximum Gasteiger partial charge on any atom is 0.0480 e. The molecule has 2 atom stereocenters. The molecule has 1 unspecified atom stereocenters. The van der Waals surface area contributed by atoms with Gasteiger partial charge in [-0.1, -0.05) is 0 Å². The van der Waals surface area contributed by atoms with Gasteiger partial charge in [-0.15, -0.1) is 0 Å². The second-order valence-electron chi connectivity index (χ2n) is 4.41. The van der Waals surface area contributed by atoms with Crippen LogP contribution in [0.25, 0.3) is 0 Å². The highest BCUT2D eigenvalue weighted by Gasteiger charge is 2.15. The van der Waals surface area contributed by atoms with E-state index in [2.05, 4.69) is 29.4 Å². The number of rotatable bonds is 3. The first kappa shape index (κ1) is 11.6. The van der Waals surface area contributed by atoms with Crippen LogP contribution in [-0.2, 0) is 4.74 Å². The zero-order valence-corrected chi connectivity index (χ0v) is 9.86. The van der Waals surface area contributed by atoms with Crippen LogP contribution in [0.4, 0.5) is 0 Å². The predicted molar refractivity (Wildman–Crippen MR) is 64.2 cm³/mol. The monoisotopic (exact) mass is 220 g/mol. The third-order valence-electron chi connectivity index (χ3n) is 3.14. The van der Waals surface area contributed by atoms with E-state index in [1.54, 1.807) is 0 Å². The molecule has 0 spiro atoms. The van der Waals surface area contributed by atoms with Gasteiger partial charge in [0.15, 0.2) is 0 Å². The summed E-state index contributed by atoms with van der Waals surface area (Å²) in [7, 11) is 0. The molecule has 3 nitrogen and oxygen atoms in total. The van der Waals surface area contributed by atoms with E-state index in [0.717, 1.165) is 19.6 Å². The first-order valence-electron chi connectivity index (χ1n) is 6.10. The number of hydrogen-bond donors (Lipinski definition) is 1. The van der Waals surface area contributed by atoms with E-state index in [4.69, 9.17) is 4.74 Å². The van der Waals surface area contributed by atoms with Crippen LogP contribution in [-0.4, -0.2) is 24.2 Å². The SMILES string of the molecule is C[C@@H](NC1CCCOCC1)c1ccncc1. The third kappa shape index (κ3) is 3.29. The van der Waals surface area contributed by atoms with E-state index in [1.165, 1.54) is 18.4 Å². The summed E-state index contributed by atoms with van der Waals surface area (Å²) in [6.45, 7) is 4.02. The van der Waals surface area contributed by atoms with E-state index in [-0.39, 0.29) is 0 Å². The average Bonchev–Trinajstić information content (AvgIpc) is 2.59. The lowest BCUT2D eigenvalue weighted by atomic mass is 10.1. The summed E-state index contributed by atoms with van der Waals surface area (Å²) in [5.74, 6) is 0. The van der Waals surface area contributed by atoms with Gasteiger partial charge in [-0.2, -0.15) is 0 Å². The molecule has 1 aliphatic heterocycles. The van der Waals surface area contributed by atoms with Crippen LogP contribution in [0, 0.1) is 0 Å². The van der Waals surface area contributed by atoms with Crippen molar-refractivity contribution in [3.05, 3.63) is 30.1 Å². The topological polar surface area (TPSA) is 34.1 Å². The van der Waals surface area contributed by atoms with Gasteiger partial charge in [-0.25, -0.2) is 0 Å². The standard InChI is InChI=1S/C13H20N2O/c1-11(12-4-7-14-8-5-12)15-13-3-2-9-16-10-6-13/h4-5,7-8,11,13,15H,2-3,6,9-10H2,1H3/t11-,13?/m1/s1. The Morgan fingerprint density at radius 1 is 1.31 bits per heavy atom. The highest BCUT2D eigenvalue weighted by molar-refractivity contribution is 5.14. The summed E-state index contributed by atoms with van der Waals surface area (Å²) >= 11 is 0. The zero-order chi connectivity index (χ0) is 11.2. The minimum atomic E-state index is 0.395. The Balaban J connectivity index is 1.88. The largest absolute Gasteiger partial charge is 0.381 e. The van der Waals surface area contributed by atoms with Crippen LogP contribution in [0.5, 0.6) is 0 Å². The molecule has 0 saturated carbocycles. The van der Waals surface area contributed by atoms with Crippen LogP contribution in [0.1, 0.15) is 37.8 Å². The van der Waals surface area contributed by atoms with Gasteiger partial charge >= 0.3 is 0 Å². The molecular formula is C13H20N2O. The van der Waals surface area contributed by atoms with Gasteiger partial charge in [-0.05, 0) is 43.9 Å². The molecule has 0 bridgehead atoms. The molecule has 2 rings (SSSR count).